The molecular weight excluding hydrogens is 176 g/mol. The van der Waals surface area contributed by atoms with Crippen molar-refractivity contribution in [2.75, 3.05) is 6.54 Å². The first kappa shape index (κ1) is 11.5. The molecule has 3 heteroatoms. The molecule has 82 valence electrons. The number of amides is 1. The molecule has 3 nitrogen and oxygen atoms in total. The third-order valence-electron chi connectivity index (χ3n) is 2.87. The summed E-state index contributed by atoms with van der Waals surface area (Å²) in [7, 11) is 0. The van der Waals surface area contributed by atoms with Crippen LogP contribution in [0.15, 0.2) is 0 Å². The summed E-state index contributed by atoms with van der Waals surface area (Å²) in [5.74, 6) is 0.516. The molecule has 1 aliphatic carbocycles. The molecule has 1 saturated carbocycles. The third kappa shape index (κ3) is 4.09. The highest BCUT2D eigenvalue weighted by atomic mass is 16.1. The lowest BCUT2D eigenvalue weighted by molar-refractivity contribution is -0.125. The van der Waals surface area contributed by atoms with Crippen LogP contribution in [0.1, 0.15) is 45.4 Å². The quantitative estimate of drug-likeness (QED) is 0.718. The van der Waals surface area contributed by atoms with E-state index in [2.05, 4.69) is 5.32 Å². The van der Waals surface area contributed by atoms with Gasteiger partial charge in [-0.25, -0.2) is 0 Å². The molecule has 0 spiro atoms. The SMILES string of the molecule is CC(N)CCNC(=O)C1CCCCC1. The van der Waals surface area contributed by atoms with Crippen molar-refractivity contribution in [2.45, 2.75) is 51.5 Å². The van der Waals surface area contributed by atoms with Gasteiger partial charge in [-0.05, 0) is 26.2 Å². The standard InChI is InChI=1S/C11H22N2O/c1-9(12)7-8-13-11(14)10-5-3-2-4-6-10/h9-10H,2-8,12H2,1H3,(H,13,14). The molecule has 0 aromatic heterocycles. The van der Waals surface area contributed by atoms with E-state index in [0.717, 1.165) is 25.8 Å². The summed E-state index contributed by atoms with van der Waals surface area (Å²) in [6.07, 6.45) is 6.74. The van der Waals surface area contributed by atoms with Crippen LogP contribution >= 0.6 is 0 Å². The van der Waals surface area contributed by atoms with Crippen LogP contribution in [0.5, 0.6) is 0 Å². The topological polar surface area (TPSA) is 55.1 Å². The Morgan fingerprint density at radius 3 is 2.64 bits per heavy atom. The molecule has 1 rings (SSSR count). The van der Waals surface area contributed by atoms with E-state index < -0.39 is 0 Å². The zero-order valence-corrected chi connectivity index (χ0v) is 9.09. The van der Waals surface area contributed by atoms with Crippen LogP contribution in [0, 0.1) is 5.92 Å². The molecule has 0 heterocycles. The third-order valence-corrected chi connectivity index (χ3v) is 2.87. The highest BCUT2D eigenvalue weighted by Crippen LogP contribution is 2.23. The number of hydrogen-bond donors (Lipinski definition) is 2. The van der Waals surface area contributed by atoms with Gasteiger partial charge in [0.15, 0.2) is 0 Å². The highest BCUT2D eigenvalue weighted by molar-refractivity contribution is 5.78. The Bertz CT molecular complexity index is 174. The summed E-state index contributed by atoms with van der Waals surface area (Å²) < 4.78 is 0. The summed E-state index contributed by atoms with van der Waals surface area (Å²) in [5, 5.41) is 2.96. The Balaban J connectivity index is 2.13. The van der Waals surface area contributed by atoms with E-state index in [1.165, 1.54) is 19.3 Å². The van der Waals surface area contributed by atoms with E-state index in [-0.39, 0.29) is 17.9 Å². The molecule has 0 aliphatic heterocycles. The van der Waals surface area contributed by atoms with Gasteiger partial charge >= 0.3 is 0 Å². The second-order valence-corrected chi connectivity index (χ2v) is 4.39. The van der Waals surface area contributed by atoms with E-state index in [9.17, 15) is 4.79 Å². The summed E-state index contributed by atoms with van der Waals surface area (Å²) >= 11 is 0. The number of carbonyl (C=O) groups excluding carboxylic acids is 1. The molecule has 1 fully saturated rings. The largest absolute Gasteiger partial charge is 0.356 e. The lowest BCUT2D eigenvalue weighted by Crippen LogP contribution is -2.34. The van der Waals surface area contributed by atoms with Gasteiger partial charge in [-0.15, -0.1) is 0 Å². The Kier molecular flexibility index (Phi) is 4.94. The lowest BCUT2D eigenvalue weighted by Gasteiger charge is -2.20. The van der Waals surface area contributed by atoms with Gasteiger partial charge in [0, 0.05) is 18.5 Å². The number of rotatable bonds is 4. The first-order valence-corrected chi connectivity index (χ1v) is 5.73. The van der Waals surface area contributed by atoms with Gasteiger partial charge in [-0.3, -0.25) is 4.79 Å². The maximum atomic E-state index is 11.6. The number of nitrogens with two attached hydrogens (primary N) is 1. The predicted octanol–water partition coefficient (Wildman–Crippen LogP) is 1.42. The van der Waals surface area contributed by atoms with E-state index in [1.807, 2.05) is 6.92 Å². The summed E-state index contributed by atoms with van der Waals surface area (Å²) in [5.41, 5.74) is 5.61. The van der Waals surface area contributed by atoms with E-state index in [4.69, 9.17) is 5.73 Å². The Morgan fingerprint density at radius 1 is 1.43 bits per heavy atom. The van der Waals surface area contributed by atoms with Crippen molar-refractivity contribution in [3.05, 3.63) is 0 Å². The van der Waals surface area contributed by atoms with Crippen molar-refractivity contribution < 1.29 is 4.79 Å². The van der Waals surface area contributed by atoms with Gasteiger partial charge in [-0.2, -0.15) is 0 Å². The average molecular weight is 198 g/mol. The van der Waals surface area contributed by atoms with Crippen molar-refractivity contribution >= 4 is 5.91 Å². The molecule has 0 bridgehead atoms. The number of carbonyl (C=O) groups is 1. The fourth-order valence-corrected chi connectivity index (χ4v) is 1.93. The van der Waals surface area contributed by atoms with Gasteiger partial charge in [0.05, 0.1) is 0 Å². The van der Waals surface area contributed by atoms with Gasteiger partial charge in [0.1, 0.15) is 0 Å². The molecule has 14 heavy (non-hydrogen) atoms. The zero-order valence-electron chi connectivity index (χ0n) is 9.09. The Morgan fingerprint density at radius 2 is 2.07 bits per heavy atom. The van der Waals surface area contributed by atoms with Crippen molar-refractivity contribution in [1.29, 1.82) is 0 Å². The Hall–Kier alpha value is -0.570. The van der Waals surface area contributed by atoms with Crippen molar-refractivity contribution in [2.24, 2.45) is 11.7 Å². The van der Waals surface area contributed by atoms with Gasteiger partial charge in [0.25, 0.3) is 0 Å². The van der Waals surface area contributed by atoms with Crippen LogP contribution in [0.4, 0.5) is 0 Å². The van der Waals surface area contributed by atoms with Crippen LogP contribution in [0.2, 0.25) is 0 Å². The van der Waals surface area contributed by atoms with Gasteiger partial charge in [-0.1, -0.05) is 19.3 Å². The average Bonchev–Trinajstić information content (AvgIpc) is 2.18. The molecule has 0 radical (unpaired) electrons. The molecular formula is C11H22N2O. The smallest absolute Gasteiger partial charge is 0.223 e. The maximum Gasteiger partial charge on any atom is 0.223 e. The normalized spacial score (nSPS) is 20.4. The van der Waals surface area contributed by atoms with E-state index >= 15 is 0 Å². The second kappa shape index (κ2) is 6.02. The van der Waals surface area contributed by atoms with E-state index in [1.54, 1.807) is 0 Å². The van der Waals surface area contributed by atoms with Crippen molar-refractivity contribution in [3.63, 3.8) is 0 Å². The first-order chi connectivity index (χ1) is 6.70. The minimum Gasteiger partial charge on any atom is -0.356 e. The summed E-state index contributed by atoms with van der Waals surface area (Å²) in [4.78, 5) is 11.6. The molecule has 1 aliphatic rings. The van der Waals surface area contributed by atoms with Crippen molar-refractivity contribution in [3.8, 4) is 0 Å². The van der Waals surface area contributed by atoms with Crippen LogP contribution in [-0.2, 0) is 4.79 Å². The lowest BCUT2D eigenvalue weighted by atomic mass is 9.88. The minimum absolute atomic E-state index is 0.182. The number of nitrogens with one attached hydrogen (secondary N) is 1. The monoisotopic (exact) mass is 198 g/mol. The van der Waals surface area contributed by atoms with Gasteiger partial charge < -0.3 is 11.1 Å². The molecule has 0 saturated heterocycles. The molecule has 3 N–H and O–H groups in total. The minimum atomic E-state index is 0.182. The molecule has 1 atom stereocenters. The van der Waals surface area contributed by atoms with Crippen LogP contribution in [-0.4, -0.2) is 18.5 Å². The first-order valence-electron chi connectivity index (χ1n) is 5.73. The van der Waals surface area contributed by atoms with E-state index in [0.29, 0.717) is 0 Å². The molecule has 1 amide bonds. The fourth-order valence-electron chi connectivity index (χ4n) is 1.93. The molecule has 0 aromatic carbocycles. The van der Waals surface area contributed by atoms with Crippen LogP contribution in [0.3, 0.4) is 0 Å². The van der Waals surface area contributed by atoms with Crippen molar-refractivity contribution in [1.82, 2.24) is 5.32 Å². The number of hydrogen-bond acceptors (Lipinski definition) is 2. The van der Waals surface area contributed by atoms with Gasteiger partial charge in [0.2, 0.25) is 5.91 Å². The van der Waals surface area contributed by atoms with Crippen LogP contribution in [0.25, 0.3) is 0 Å². The highest BCUT2D eigenvalue weighted by Gasteiger charge is 2.20. The Labute approximate surface area is 86.4 Å². The second-order valence-electron chi connectivity index (χ2n) is 4.39. The fraction of sp³-hybridized carbons (Fsp3) is 0.909. The van der Waals surface area contributed by atoms with Crippen LogP contribution < -0.4 is 11.1 Å². The molecule has 1 unspecified atom stereocenters. The molecule has 0 aromatic rings. The predicted molar refractivity (Wildman–Crippen MR) is 57.9 cm³/mol. The summed E-state index contributed by atoms with van der Waals surface area (Å²) in [6, 6.07) is 0.182. The summed E-state index contributed by atoms with van der Waals surface area (Å²) in [6.45, 7) is 2.69. The zero-order chi connectivity index (χ0) is 10.4. The maximum absolute atomic E-state index is 11.6.